The smallest absolute Gasteiger partial charge is 0.149 e. The summed E-state index contributed by atoms with van der Waals surface area (Å²) >= 11 is 11.2. The lowest BCUT2D eigenvalue weighted by molar-refractivity contribution is -0.131. The van der Waals surface area contributed by atoms with Crippen molar-refractivity contribution in [3.05, 3.63) is 24.3 Å². The van der Waals surface area contributed by atoms with Crippen molar-refractivity contribution in [1.82, 2.24) is 0 Å². The average molecular weight is 395 g/mol. The van der Waals surface area contributed by atoms with Gasteiger partial charge in [0.05, 0.1) is 0 Å². The van der Waals surface area contributed by atoms with Crippen LogP contribution in [-0.2, 0) is 14.2 Å². The molecule has 0 saturated carbocycles. The highest BCUT2D eigenvalue weighted by molar-refractivity contribution is 6.18. The van der Waals surface area contributed by atoms with Crippen LogP contribution in [0, 0.1) is 0 Å². The van der Waals surface area contributed by atoms with E-state index in [1.807, 2.05) is 0 Å². The van der Waals surface area contributed by atoms with Crippen LogP contribution < -0.4 is 0 Å². The van der Waals surface area contributed by atoms with Gasteiger partial charge in [-0.1, -0.05) is 24.3 Å². The zero-order valence-corrected chi connectivity index (χ0v) is 17.1. The molecular formula is C20H36Cl2O3. The molecule has 0 rings (SSSR count). The van der Waals surface area contributed by atoms with Crippen molar-refractivity contribution in [2.24, 2.45) is 0 Å². The molecular weight excluding hydrogens is 359 g/mol. The summed E-state index contributed by atoms with van der Waals surface area (Å²) in [4.78, 5) is 0. The third-order valence-electron chi connectivity index (χ3n) is 3.49. The summed E-state index contributed by atoms with van der Waals surface area (Å²) in [5, 5.41) is 0. The van der Waals surface area contributed by atoms with Crippen LogP contribution in [0.2, 0.25) is 0 Å². The maximum atomic E-state index is 5.62. The monoisotopic (exact) mass is 394 g/mol. The minimum absolute atomic E-state index is 0.305. The second-order valence-electron chi connectivity index (χ2n) is 5.85. The molecule has 0 atom stereocenters. The molecule has 0 spiro atoms. The molecule has 0 unspecified atom stereocenters. The molecule has 0 amide bonds. The SMILES string of the molecule is ClCCCCC=CCCCOCOCOCCCC=CCCCCCl. The van der Waals surface area contributed by atoms with Crippen LogP contribution in [0.25, 0.3) is 0 Å². The zero-order chi connectivity index (χ0) is 18.3. The Labute approximate surface area is 164 Å². The first-order chi connectivity index (χ1) is 12.4. The largest absolute Gasteiger partial charge is 0.355 e. The van der Waals surface area contributed by atoms with Gasteiger partial charge in [-0.05, 0) is 64.2 Å². The zero-order valence-electron chi connectivity index (χ0n) is 15.6. The first-order valence-electron chi connectivity index (χ1n) is 9.57. The Morgan fingerprint density at radius 2 is 0.880 bits per heavy atom. The van der Waals surface area contributed by atoms with Crippen molar-refractivity contribution in [2.45, 2.75) is 64.2 Å². The van der Waals surface area contributed by atoms with Gasteiger partial charge in [-0.2, -0.15) is 0 Å². The van der Waals surface area contributed by atoms with Gasteiger partial charge in [0.2, 0.25) is 0 Å². The molecule has 0 aromatic heterocycles. The number of ether oxygens (including phenoxy) is 3. The Morgan fingerprint density at radius 3 is 1.28 bits per heavy atom. The summed E-state index contributed by atoms with van der Waals surface area (Å²) in [6.45, 7) is 2.06. The van der Waals surface area contributed by atoms with E-state index in [9.17, 15) is 0 Å². The Bertz CT molecular complexity index is 269. The molecule has 0 aliphatic carbocycles. The fourth-order valence-corrected chi connectivity index (χ4v) is 2.44. The lowest BCUT2D eigenvalue weighted by Crippen LogP contribution is -2.06. The van der Waals surface area contributed by atoms with E-state index in [1.165, 1.54) is 12.8 Å². The molecule has 0 fully saturated rings. The Kier molecular flexibility index (Phi) is 23.9. The summed E-state index contributed by atoms with van der Waals surface area (Å²) < 4.78 is 16.1. The number of rotatable bonds is 20. The van der Waals surface area contributed by atoms with Crippen molar-refractivity contribution >= 4 is 23.2 Å². The Hall–Kier alpha value is -0.0600. The molecule has 0 heterocycles. The van der Waals surface area contributed by atoms with Crippen LogP contribution in [0.4, 0.5) is 0 Å². The van der Waals surface area contributed by atoms with E-state index >= 15 is 0 Å². The number of alkyl halides is 2. The fraction of sp³-hybridized carbons (Fsp3) is 0.800. The quantitative estimate of drug-likeness (QED) is 0.103. The number of hydrogen-bond donors (Lipinski definition) is 0. The van der Waals surface area contributed by atoms with Crippen LogP contribution in [-0.4, -0.2) is 38.6 Å². The first kappa shape index (κ1) is 24.9. The van der Waals surface area contributed by atoms with Gasteiger partial charge in [-0.15, -0.1) is 23.2 Å². The van der Waals surface area contributed by atoms with Crippen molar-refractivity contribution in [2.75, 3.05) is 38.6 Å². The normalized spacial score (nSPS) is 11.9. The van der Waals surface area contributed by atoms with E-state index in [2.05, 4.69) is 24.3 Å². The maximum Gasteiger partial charge on any atom is 0.149 e. The van der Waals surface area contributed by atoms with Gasteiger partial charge in [0.25, 0.3) is 0 Å². The Morgan fingerprint density at radius 1 is 0.480 bits per heavy atom. The van der Waals surface area contributed by atoms with Gasteiger partial charge in [-0.3, -0.25) is 0 Å². The summed E-state index contributed by atoms with van der Waals surface area (Å²) in [6.07, 6.45) is 19.8. The second kappa shape index (κ2) is 23.9. The molecule has 0 bridgehead atoms. The molecule has 0 aromatic rings. The number of allylic oxidation sites excluding steroid dienone is 4. The molecule has 0 aliphatic heterocycles. The highest BCUT2D eigenvalue weighted by Crippen LogP contribution is 2.01. The second-order valence-corrected chi connectivity index (χ2v) is 6.61. The van der Waals surface area contributed by atoms with Crippen LogP contribution in [0.5, 0.6) is 0 Å². The lowest BCUT2D eigenvalue weighted by atomic mass is 10.2. The molecule has 25 heavy (non-hydrogen) atoms. The number of halogens is 2. The molecule has 0 saturated heterocycles. The molecule has 0 N–H and O–H groups in total. The van der Waals surface area contributed by atoms with Crippen LogP contribution in [0.15, 0.2) is 24.3 Å². The van der Waals surface area contributed by atoms with Gasteiger partial charge in [0.15, 0.2) is 0 Å². The van der Waals surface area contributed by atoms with Crippen molar-refractivity contribution in [3.8, 4) is 0 Å². The minimum Gasteiger partial charge on any atom is -0.355 e. The van der Waals surface area contributed by atoms with E-state index in [0.29, 0.717) is 13.6 Å². The third kappa shape index (κ3) is 23.9. The van der Waals surface area contributed by atoms with Crippen LogP contribution >= 0.6 is 23.2 Å². The summed E-state index contributed by atoms with van der Waals surface area (Å²) in [5.41, 5.74) is 0. The van der Waals surface area contributed by atoms with Gasteiger partial charge in [0.1, 0.15) is 13.6 Å². The van der Waals surface area contributed by atoms with Gasteiger partial charge >= 0.3 is 0 Å². The van der Waals surface area contributed by atoms with Gasteiger partial charge in [0, 0.05) is 25.0 Å². The Balaban J connectivity index is 3.07. The predicted molar refractivity (Wildman–Crippen MR) is 109 cm³/mol. The molecule has 0 radical (unpaired) electrons. The van der Waals surface area contributed by atoms with E-state index in [1.54, 1.807) is 0 Å². The fourth-order valence-electron chi connectivity index (χ4n) is 2.06. The minimum atomic E-state index is 0.305. The molecule has 3 nitrogen and oxygen atoms in total. The van der Waals surface area contributed by atoms with Crippen molar-refractivity contribution in [3.63, 3.8) is 0 Å². The summed E-state index contributed by atoms with van der Waals surface area (Å²) in [7, 11) is 0. The van der Waals surface area contributed by atoms with E-state index in [4.69, 9.17) is 37.4 Å². The first-order valence-corrected chi connectivity index (χ1v) is 10.6. The molecule has 148 valence electrons. The van der Waals surface area contributed by atoms with Crippen molar-refractivity contribution < 1.29 is 14.2 Å². The maximum absolute atomic E-state index is 5.62. The topological polar surface area (TPSA) is 27.7 Å². The van der Waals surface area contributed by atoms with E-state index < -0.39 is 0 Å². The van der Waals surface area contributed by atoms with Gasteiger partial charge < -0.3 is 14.2 Å². The summed E-state index contributed by atoms with van der Waals surface area (Å²) in [6, 6.07) is 0. The number of unbranched alkanes of at least 4 members (excludes halogenated alkanes) is 6. The number of hydrogen-bond acceptors (Lipinski definition) is 3. The molecule has 5 heteroatoms. The van der Waals surface area contributed by atoms with E-state index in [0.717, 1.165) is 76.3 Å². The average Bonchev–Trinajstić information content (AvgIpc) is 2.63. The highest BCUT2D eigenvalue weighted by atomic mass is 35.5. The highest BCUT2D eigenvalue weighted by Gasteiger charge is 1.91. The standard InChI is InChI=1S/C20H36Cl2O3/c21-15-11-7-3-1-5-9-13-17-23-19-25-20-24-18-14-10-6-2-4-8-12-16-22/h1-2,5-6H,3-4,7-20H2. The lowest BCUT2D eigenvalue weighted by Gasteiger charge is -2.06. The van der Waals surface area contributed by atoms with Crippen LogP contribution in [0.1, 0.15) is 64.2 Å². The molecule has 0 aliphatic rings. The molecule has 0 aromatic carbocycles. The van der Waals surface area contributed by atoms with Crippen molar-refractivity contribution in [1.29, 1.82) is 0 Å². The van der Waals surface area contributed by atoms with Crippen LogP contribution in [0.3, 0.4) is 0 Å². The summed E-state index contributed by atoms with van der Waals surface area (Å²) in [5.74, 6) is 1.52. The van der Waals surface area contributed by atoms with Gasteiger partial charge in [-0.25, -0.2) is 0 Å². The third-order valence-corrected chi connectivity index (χ3v) is 4.03. The van der Waals surface area contributed by atoms with E-state index in [-0.39, 0.29) is 0 Å². The predicted octanol–water partition coefficient (Wildman–Crippen LogP) is 6.44.